The monoisotopic (exact) mass is 494 g/mol. The number of benzene rings is 1. The summed E-state index contributed by atoms with van der Waals surface area (Å²) in [6.45, 7) is -0.0169. The lowest BCUT2D eigenvalue weighted by atomic mass is 9.99. The van der Waals surface area contributed by atoms with Gasteiger partial charge >= 0.3 is 5.69 Å². The van der Waals surface area contributed by atoms with Gasteiger partial charge in [0, 0.05) is 36.4 Å². The van der Waals surface area contributed by atoms with E-state index >= 15 is 0 Å². The molecule has 1 unspecified atom stereocenters. The van der Waals surface area contributed by atoms with Crippen molar-refractivity contribution < 1.29 is 33.3 Å². The van der Waals surface area contributed by atoms with Crippen LogP contribution in [0.1, 0.15) is 6.42 Å². The van der Waals surface area contributed by atoms with E-state index in [0.717, 1.165) is 17.2 Å². The lowest BCUT2D eigenvalue weighted by molar-refractivity contribution is -0.700. The van der Waals surface area contributed by atoms with Crippen LogP contribution in [0.25, 0.3) is 16.8 Å². The Hall–Kier alpha value is -4.05. The number of nitro benzene ring substituents is 2. The average molecular weight is 494 g/mol. The number of allylic oxidation sites excluding steroid dienone is 4. The van der Waals surface area contributed by atoms with Gasteiger partial charge in [-0.3, -0.25) is 20.2 Å². The van der Waals surface area contributed by atoms with Gasteiger partial charge in [-0.15, -0.1) is 0 Å². The predicted octanol–water partition coefficient (Wildman–Crippen LogP) is 1.90. The fourth-order valence-electron chi connectivity index (χ4n) is 3.90. The van der Waals surface area contributed by atoms with Gasteiger partial charge in [0.05, 0.1) is 15.0 Å². The van der Waals surface area contributed by atoms with Crippen LogP contribution in [-0.4, -0.2) is 15.0 Å². The molecule has 1 aliphatic carbocycles. The molecular formula is C23H19N4O7P. The minimum absolute atomic E-state index is 0.0169. The Kier molecular flexibility index (Phi) is 6.40. The summed E-state index contributed by atoms with van der Waals surface area (Å²) in [5.74, 6) is 0. The summed E-state index contributed by atoms with van der Waals surface area (Å²) in [5, 5.41) is 20.8. The van der Waals surface area contributed by atoms with E-state index < -0.39 is 28.3 Å². The van der Waals surface area contributed by atoms with Crippen molar-refractivity contribution in [2.24, 2.45) is 0 Å². The van der Waals surface area contributed by atoms with Crippen LogP contribution < -0.4 is 18.9 Å². The maximum atomic E-state index is 12.0. The molecule has 0 bridgehead atoms. The van der Waals surface area contributed by atoms with Crippen LogP contribution in [0.2, 0.25) is 0 Å². The van der Waals surface area contributed by atoms with E-state index in [0.29, 0.717) is 0 Å². The molecule has 0 saturated heterocycles. The van der Waals surface area contributed by atoms with Crippen molar-refractivity contribution in [1.82, 2.24) is 0 Å². The highest BCUT2D eigenvalue weighted by molar-refractivity contribution is 7.50. The molecule has 12 heteroatoms. The smallest absolute Gasteiger partial charge is 0.347 e. The van der Waals surface area contributed by atoms with Crippen molar-refractivity contribution in [1.29, 1.82) is 0 Å². The summed E-state index contributed by atoms with van der Waals surface area (Å²) in [5.41, 5.74) is 0.991. The van der Waals surface area contributed by atoms with Crippen LogP contribution in [0.15, 0.2) is 91.6 Å². The van der Waals surface area contributed by atoms with Crippen LogP contribution in [0.5, 0.6) is 0 Å². The third kappa shape index (κ3) is 4.92. The van der Waals surface area contributed by atoms with E-state index in [4.69, 9.17) is 0 Å². The predicted molar refractivity (Wildman–Crippen MR) is 120 cm³/mol. The Labute approximate surface area is 199 Å². The molecule has 11 nitrogen and oxygen atoms in total. The van der Waals surface area contributed by atoms with Crippen LogP contribution in [0.3, 0.4) is 0 Å². The molecule has 0 spiro atoms. The Morgan fingerprint density at radius 2 is 1.51 bits per heavy atom. The van der Waals surface area contributed by atoms with E-state index in [1.165, 1.54) is 22.8 Å². The first-order chi connectivity index (χ1) is 16.6. The van der Waals surface area contributed by atoms with E-state index in [2.05, 4.69) is 0 Å². The van der Waals surface area contributed by atoms with Gasteiger partial charge in [0.15, 0.2) is 31.3 Å². The van der Waals surface area contributed by atoms with Crippen molar-refractivity contribution in [3.05, 3.63) is 112 Å². The molecule has 35 heavy (non-hydrogen) atoms. The Morgan fingerprint density at radius 3 is 2.03 bits per heavy atom. The molecule has 2 heterocycles. The number of rotatable bonds is 7. The lowest BCUT2D eigenvalue weighted by Gasteiger charge is -2.46. The lowest BCUT2D eigenvalue weighted by Crippen LogP contribution is -2.50. The molecule has 2 aromatic heterocycles. The van der Waals surface area contributed by atoms with E-state index in [-0.39, 0.29) is 24.3 Å². The summed E-state index contributed by atoms with van der Waals surface area (Å²) >= 11 is 0. The second kappa shape index (κ2) is 9.30. The topological polar surface area (TPSA) is 157 Å². The third-order valence-electron chi connectivity index (χ3n) is 5.83. The molecule has 0 radical (unpaired) electrons. The summed E-state index contributed by atoms with van der Waals surface area (Å²) < 4.78 is 15.1. The normalized spacial score (nSPS) is 17.3. The molecule has 0 amide bonds. The van der Waals surface area contributed by atoms with Crippen LogP contribution in [-0.2, 0) is 11.1 Å². The van der Waals surface area contributed by atoms with Crippen LogP contribution >= 0.6 is 7.60 Å². The number of hydrogen-bond acceptors (Lipinski definition) is 7. The number of pyridine rings is 2. The summed E-state index contributed by atoms with van der Waals surface area (Å²) in [6.07, 6.45) is 13.0. The molecule has 1 atom stereocenters. The highest BCUT2D eigenvalue weighted by Crippen LogP contribution is 2.48. The third-order valence-corrected chi connectivity index (χ3v) is 7.39. The maximum absolute atomic E-state index is 12.0. The SMILES string of the molecule is O=[N+]([O-])c1ccc(-[n+]2ccc(-c3cc[n+](CC4(P(=O)([O-])[O-])C=CC=CC4)cc3)cc2)c([N+](=O)[O-])c1. The second-order valence-corrected chi connectivity index (χ2v) is 9.92. The molecule has 178 valence electrons. The molecular weight excluding hydrogens is 475 g/mol. The van der Waals surface area contributed by atoms with Gasteiger partial charge in [-0.05, 0) is 17.5 Å². The standard InChI is InChI=1S/C23H19N4O7P/c28-26(29)20-4-5-21(22(16-20)27(30)31)25-14-8-19(9-15-25)18-6-12-24(13-7-18)17-23(35(32,33)34)10-2-1-3-11-23/h1-10,12-16H,11,17H2. The number of nitro groups is 2. The first kappa shape index (κ1) is 24.1. The van der Waals surface area contributed by atoms with Gasteiger partial charge < -0.3 is 14.4 Å². The fourth-order valence-corrected chi connectivity index (χ4v) is 4.84. The Bertz CT molecular complexity index is 1400. The molecule has 0 aliphatic heterocycles. The zero-order valence-corrected chi connectivity index (χ0v) is 19.1. The van der Waals surface area contributed by atoms with E-state index in [1.807, 2.05) is 0 Å². The van der Waals surface area contributed by atoms with Crippen molar-refractivity contribution in [2.75, 3.05) is 0 Å². The molecule has 4 rings (SSSR count). The molecule has 1 aromatic carbocycles. The second-order valence-electron chi connectivity index (χ2n) is 8.03. The summed E-state index contributed by atoms with van der Waals surface area (Å²) in [7, 11) is -4.91. The molecule has 1 aliphatic rings. The minimum atomic E-state index is -4.91. The van der Waals surface area contributed by atoms with Gasteiger partial charge in [0.1, 0.15) is 6.07 Å². The highest BCUT2D eigenvalue weighted by Gasteiger charge is 2.35. The van der Waals surface area contributed by atoms with Gasteiger partial charge in [-0.25, -0.2) is 4.57 Å². The zero-order valence-electron chi connectivity index (χ0n) is 18.2. The first-order valence-electron chi connectivity index (χ1n) is 10.4. The quantitative estimate of drug-likeness (QED) is 0.210. The molecule has 0 saturated carbocycles. The van der Waals surface area contributed by atoms with E-state index in [1.54, 1.807) is 71.8 Å². The summed E-state index contributed by atoms with van der Waals surface area (Å²) in [6, 6.07) is 10.4. The minimum Gasteiger partial charge on any atom is -0.810 e. The molecule has 0 fully saturated rings. The fraction of sp³-hybridized carbons (Fsp3) is 0.130. The van der Waals surface area contributed by atoms with Crippen molar-refractivity contribution in [3.8, 4) is 16.8 Å². The van der Waals surface area contributed by atoms with Crippen molar-refractivity contribution >= 4 is 19.0 Å². The highest BCUT2D eigenvalue weighted by atomic mass is 31.2. The summed E-state index contributed by atoms with van der Waals surface area (Å²) in [4.78, 5) is 44.9. The maximum Gasteiger partial charge on any atom is 0.347 e. The van der Waals surface area contributed by atoms with Gasteiger partial charge in [0.2, 0.25) is 0 Å². The molecule has 3 aromatic rings. The number of aromatic nitrogens is 2. The van der Waals surface area contributed by atoms with Crippen LogP contribution in [0.4, 0.5) is 11.4 Å². The largest absolute Gasteiger partial charge is 0.810 e. The number of nitrogens with zero attached hydrogens (tertiary/aromatic N) is 4. The van der Waals surface area contributed by atoms with Gasteiger partial charge in [-0.1, -0.05) is 31.9 Å². The zero-order chi connectivity index (χ0) is 25.2. The average Bonchev–Trinajstić information content (AvgIpc) is 2.84. The Morgan fingerprint density at radius 1 is 0.886 bits per heavy atom. The molecule has 0 N–H and O–H groups in total. The van der Waals surface area contributed by atoms with Crippen LogP contribution in [0, 0.1) is 20.2 Å². The number of hydrogen-bond donors (Lipinski definition) is 0. The van der Waals surface area contributed by atoms with Gasteiger partial charge in [0.25, 0.3) is 11.4 Å². The first-order valence-corrected chi connectivity index (χ1v) is 11.9. The van der Waals surface area contributed by atoms with E-state index in [9.17, 15) is 34.6 Å². The Balaban J connectivity index is 1.58. The van der Waals surface area contributed by atoms with Crippen molar-refractivity contribution in [2.45, 2.75) is 18.1 Å². The van der Waals surface area contributed by atoms with Crippen molar-refractivity contribution in [3.63, 3.8) is 0 Å². The van der Waals surface area contributed by atoms with Gasteiger partial charge in [-0.2, -0.15) is 4.57 Å². The number of non-ortho nitro benzene ring substituents is 1.